The van der Waals surface area contributed by atoms with Crippen molar-refractivity contribution < 1.29 is 19.1 Å². The predicted octanol–water partition coefficient (Wildman–Crippen LogP) is 3.50. The standard InChI is InChI=1S/C22H22N2O4S/c1-13-7-9-15(10-8-13)19-23-16(12-29-19)11-28-22(27)14(2)24-20(25)17-5-3-4-6-18(17)21(24)26/h3-4,7-10,12,14,17-18H,5-6,11H2,1-2H3/t14-,17-,18+/m0/s1. The van der Waals surface area contributed by atoms with Gasteiger partial charge >= 0.3 is 5.97 Å². The summed E-state index contributed by atoms with van der Waals surface area (Å²) >= 11 is 1.48. The zero-order chi connectivity index (χ0) is 20.5. The Balaban J connectivity index is 1.38. The molecule has 6 nitrogen and oxygen atoms in total. The van der Waals surface area contributed by atoms with E-state index in [0.717, 1.165) is 15.5 Å². The fraction of sp³-hybridized carbons (Fsp3) is 0.364. The zero-order valence-corrected chi connectivity index (χ0v) is 17.1. The highest BCUT2D eigenvalue weighted by atomic mass is 32.1. The van der Waals surface area contributed by atoms with Crippen LogP contribution in [0, 0.1) is 18.8 Å². The number of aryl methyl sites for hydroxylation is 1. The average Bonchev–Trinajstić information content (AvgIpc) is 3.30. The number of rotatable bonds is 5. The third-order valence-corrected chi connectivity index (χ3v) is 6.42. The molecule has 2 aromatic rings. The minimum absolute atomic E-state index is 0.0101. The summed E-state index contributed by atoms with van der Waals surface area (Å²) in [6, 6.07) is 7.12. The van der Waals surface area contributed by atoms with Crippen molar-refractivity contribution >= 4 is 29.1 Å². The SMILES string of the molecule is Cc1ccc(-c2nc(COC(=O)[C@H](C)N3C(=O)[C@H]4CC=CC[C@H]4C3=O)cs2)cc1. The first-order valence-corrected chi connectivity index (χ1v) is 10.5. The number of carbonyl (C=O) groups is 3. The molecule has 2 heterocycles. The maximum Gasteiger partial charge on any atom is 0.329 e. The number of allylic oxidation sites excluding steroid dienone is 2. The van der Waals surface area contributed by atoms with Crippen LogP contribution in [-0.4, -0.2) is 33.7 Å². The number of hydrogen-bond donors (Lipinski definition) is 0. The molecule has 4 rings (SSSR count). The van der Waals surface area contributed by atoms with Gasteiger partial charge in [0.05, 0.1) is 17.5 Å². The maximum absolute atomic E-state index is 12.6. The van der Waals surface area contributed by atoms with Crippen molar-refractivity contribution in [1.82, 2.24) is 9.88 Å². The second-order valence-electron chi connectivity index (χ2n) is 7.50. The number of fused-ring (bicyclic) bond motifs is 1. The summed E-state index contributed by atoms with van der Waals surface area (Å²) < 4.78 is 5.36. The van der Waals surface area contributed by atoms with Crippen molar-refractivity contribution in [3.05, 3.63) is 53.1 Å². The van der Waals surface area contributed by atoms with Gasteiger partial charge in [-0.3, -0.25) is 14.5 Å². The predicted molar refractivity (Wildman–Crippen MR) is 109 cm³/mol. The zero-order valence-electron chi connectivity index (χ0n) is 16.3. The van der Waals surface area contributed by atoms with Crippen molar-refractivity contribution in [1.29, 1.82) is 0 Å². The molecular weight excluding hydrogens is 388 g/mol. The Morgan fingerprint density at radius 3 is 2.41 bits per heavy atom. The molecule has 150 valence electrons. The molecule has 1 aliphatic heterocycles. The van der Waals surface area contributed by atoms with E-state index in [1.165, 1.54) is 16.9 Å². The topological polar surface area (TPSA) is 76.6 Å². The lowest BCUT2D eigenvalue weighted by atomic mass is 9.85. The highest BCUT2D eigenvalue weighted by Crippen LogP contribution is 2.36. The average molecular weight is 410 g/mol. The van der Waals surface area contributed by atoms with Crippen LogP contribution < -0.4 is 0 Å². The minimum Gasteiger partial charge on any atom is -0.458 e. The Bertz CT molecular complexity index is 953. The summed E-state index contributed by atoms with van der Waals surface area (Å²) in [5, 5.41) is 2.70. The Labute approximate surface area is 173 Å². The summed E-state index contributed by atoms with van der Waals surface area (Å²) in [5.74, 6) is -1.84. The van der Waals surface area contributed by atoms with E-state index in [0.29, 0.717) is 18.5 Å². The molecule has 1 aromatic carbocycles. The molecule has 0 saturated carbocycles. The van der Waals surface area contributed by atoms with Crippen molar-refractivity contribution in [2.45, 2.75) is 39.3 Å². The molecule has 1 saturated heterocycles. The Kier molecular flexibility index (Phi) is 5.32. The molecule has 1 fully saturated rings. The van der Waals surface area contributed by atoms with Crippen LogP contribution in [0.4, 0.5) is 0 Å². The van der Waals surface area contributed by atoms with Crippen LogP contribution in [0.5, 0.6) is 0 Å². The van der Waals surface area contributed by atoms with Gasteiger partial charge in [-0.25, -0.2) is 9.78 Å². The van der Waals surface area contributed by atoms with E-state index in [-0.39, 0.29) is 30.3 Å². The lowest BCUT2D eigenvalue weighted by molar-refractivity contribution is -0.159. The van der Waals surface area contributed by atoms with E-state index in [1.807, 2.05) is 48.7 Å². The molecule has 1 aromatic heterocycles. The second kappa shape index (κ2) is 7.91. The molecule has 2 aliphatic rings. The monoisotopic (exact) mass is 410 g/mol. The fourth-order valence-corrected chi connectivity index (χ4v) is 4.59. The van der Waals surface area contributed by atoms with Gasteiger partial charge in [-0.15, -0.1) is 11.3 Å². The molecule has 2 amide bonds. The molecule has 0 spiro atoms. The van der Waals surface area contributed by atoms with Gasteiger partial charge < -0.3 is 4.74 Å². The number of hydrogen-bond acceptors (Lipinski definition) is 6. The third kappa shape index (κ3) is 3.74. The van der Waals surface area contributed by atoms with Gasteiger partial charge in [0.2, 0.25) is 11.8 Å². The number of esters is 1. The van der Waals surface area contributed by atoms with Crippen molar-refractivity contribution in [2.75, 3.05) is 0 Å². The molecule has 7 heteroatoms. The number of amides is 2. The van der Waals surface area contributed by atoms with Crippen molar-refractivity contribution in [3.8, 4) is 10.6 Å². The van der Waals surface area contributed by atoms with Crippen LogP contribution in [0.3, 0.4) is 0 Å². The smallest absolute Gasteiger partial charge is 0.329 e. The Hall–Kier alpha value is -2.80. The van der Waals surface area contributed by atoms with E-state index in [2.05, 4.69) is 4.98 Å². The van der Waals surface area contributed by atoms with E-state index in [1.54, 1.807) is 6.92 Å². The number of benzene rings is 1. The van der Waals surface area contributed by atoms with Crippen LogP contribution in [0.1, 0.15) is 31.0 Å². The van der Waals surface area contributed by atoms with Gasteiger partial charge in [-0.1, -0.05) is 42.0 Å². The highest BCUT2D eigenvalue weighted by Gasteiger charge is 2.50. The van der Waals surface area contributed by atoms with Crippen LogP contribution in [0.2, 0.25) is 0 Å². The highest BCUT2D eigenvalue weighted by molar-refractivity contribution is 7.13. The summed E-state index contributed by atoms with van der Waals surface area (Å²) in [7, 11) is 0. The van der Waals surface area contributed by atoms with Gasteiger partial charge in [0.1, 0.15) is 17.7 Å². The van der Waals surface area contributed by atoms with Gasteiger partial charge in [0.15, 0.2) is 0 Å². The Morgan fingerprint density at radius 1 is 1.17 bits per heavy atom. The number of nitrogens with zero attached hydrogens (tertiary/aromatic N) is 2. The first-order valence-electron chi connectivity index (χ1n) is 9.65. The number of imide groups is 1. The molecule has 29 heavy (non-hydrogen) atoms. The van der Waals surface area contributed by atoms with Gasteiger partial charge in [0, 0.05) is 10.9 Å². The molecule has 1 aliphatic carbocycles. The van der Waals surface area contributed by atoms with Crippen LogP contribution in [0.15, 0.2) is 41.8 Å². The first-order chi connectivity index (χ1) is 14.0. The van der Waals surface area contributed by atoms with Gasteiger partial charge in [-0.2, -0.15) is 0 Å². The second-order valence-corrected chi connectivity index (χ2v) is 8.35. The van der Waals surface area contributed by atoms with Crippen molar-refractivity contribution in [3.63, 3.8) is 0 Å². The lowest BCUT2D eigenvalue weighted by Crippen LogP contribution is -2.44. The summed E-state index contributed by atoms with van der Waals surface area (Å²) in [4.78, 5) is 43.3. The molecule has 0 radical (unpaired) electrons. The molecule has 0 unspecified atom stereocenters. The van der Waals surface area contributed by atoms with Gasteiger partial charge in [-0.05, 0) is 26.7 Å². The minimum atomic E-state index is -0.934. The summed E-state index contributed by atoms with van der Waals surface area (Å²) in [5.41, 5.74) is 2.83. The number of thiazole rings is 1. The normalized spacial score (nSPS) is 21.9. The van der Waals surface area contributed by atoms with Crippen LogP contribution >= 0.6 is 11.3 Å². The molecular formula is C22H22N2O4S. The van der Waals surface area contributed by atoms with Crippen LogP contribution in [0.25, 0.3) is 10.6 Å². The van der Waals surface area contributed by atoms with Gasteiger partial charge in [0.25, 0.3) is 0 Å². The first kappa shape index (κ1) is 19.5. The number of likely N-dealkylation sites (tertiary alicyclic amines) is 1. The quantitative estimate of drug-likeness (QED) is 0.428. The molecule has 0 bridgehead atoms. The third-order valence-electron chi connectivity index (χ3n) is 5.48. The number of carbonyl (C=O) groups excluding carboxylic acids is 3. The molecule has 3 atom stereocenters. The van der Waals surface area contributed by atoms with E-state index < -0.39 is 12.0 Å². The Morgan fingerprint density at radius 2 is 1.79 bits per heavy atom. The van der Waals surface area contributed by atoms with E-state index >= 15 is 0 Å². The van der Waals surface area contributed by atoms with E-state index in [4.69, 9.17) is 4.74 Å². The van der Waals surface area contributed by atoms with Crippen LogP contribution in [-0.2, 0) is 25.7 Å². The maximum atomic E-state index is 12.6. The summed E-state index contributed by atoms with van der Waals surface area (Å²) in [6.45, 7) is 3.58. The lowest BCUT2D eigenvalue weighted by Gasteiger charge is -2.21. The molecule has 0 N–H and O–H groups in total. The number of aromatic nitrogens is 1. The largest absolute Gasteiger partial charge is 0.458 e. The fourth-order valence-electron chi connectivity index (χ4n) is 3.78. The summed E-state index contributed by atoms with van der Waals surface area (Å²) in [6.07, 6.45) is 4.95. The van der Waals surface area contributed by atoms with Crippen molar-refractivity contribution in [2.24, 2.45) is 11.8 Å². The van der Waals surface area contributed by atoms with E-state index in [9.17, 15) is 14.4 Å². The number of ether oxygens (including phenoxy) is 1.